The molecule has 0 saturated heterocycles. The van der Waals surface area contributed by atoms with E-state index in [1.807, 2.05) is 37.3 Å². The molecule has 0 fully saturated rings. The summed E-state index contributed by atoms with van der Waals surface area (Å²) in [5, 5.41) is 2.90. The van der Waals surface area contributed by atoms with Gasteiger partial charge in [-0.05, 0) is 42.3 Å². The molecule has 0 aliphatic heterocycles. The minimum absolute atomic E-state index is 0.170. The number of carbonyl (C=O) groups is 1. The van der Waals surface area contributed by atoms with Gasteiger partial charge < -0.3 is 14.8 Å². The van der Waals surface area contributed by atoms with Crippen LogP contribution in [0.3, 0.4) is 0 Å². The summed E-state index contributed by atoms with van der Waals surface area (Å²) in [6.45, 7) is 2.00. The Balaban J connectivity index is 2.36. The molecule has 0 atom stereocenters. The van der Waals surface area contributed by atoms with Crippen molar-refractivity contribution in [3.05, 3.63) is 52.0 Å². The molecule has 4 nitrogen and oxygen atoms in total. The van der Waals surface area contributed by atoms with Crippen molar-refractivity contribution in [2.24, 2.45) is 0 Å². The first-order valence-electron chi connectivity index (χ1n) is 6.90. The van der Waals surface area contributed by atoms with E-state index in [0.29, 0.717) is 17.1 Å². The van der Waals surface area contributed by atoms with E-state index in [1.54, 1.807) is 20.3 Å². The lowest BCUT2D eigenvalue weighted by atomic mass is 10.0. The first kappa shape index (κ1) is 16.4. The van der Waals surface area contributed by atoms with Gasteiger partial charge in [0.2, 0.25) is 0 Å². The molecule has 2 rings (SSSR count). The topological polar surface area (TPSA) is 47.6 Å². The summed E-state index contributed by atoms with van der Waals surface area (Å²) in [4.78, 5) is 12.6. The highest BCUT2D eigenvalue weighted by molar-refractivity contribution is 9.10. The monoisotopic (exact) mass is 363 g/mol. The molecule has 0 bridgehead atoms. The van der Waals surface area contributed by atoms with Crippen molar-refractivity contribution in [2.75, 3.05) is 19.5 Å². The largest absolute Gasteiger partial charge is 0.493 e. The summed E-state index contributed by atoms with van der Waals surface area (Å²) in [5.41, 5.74) is 2.22. The molecule has 1 amide bonds. The first-order chi connectivity index (χ1) is 10.6. The lowest BCUT2D eigenvalue weighted by molar-refractivity contribution is 0.102. The Hall–Kier alpha value is -2.01. The van der Waals surface area contributed by atoms with Crippen LogP contribution in [0.5, 0.6) is 11.5 Å². The van der Waals surface area contributed by atoms with Crippen molar-refractivity contribution in [3.63, 3.8) is 0 Å². The number of rotatable bonds is 5. The molecule has 0 radical (unpaired) electrons. The maximum Gasteiger partial charge on any atom is 0.256 e. The van der Waals surface area contributed by atoms with Crippen LogP contribution in [0.15, 0.2) is 40.9 Å². The predicted molar refractivity (Wildman–Crippen MR) is 91.0 cm³/mol. The first-order valence-corrected chi connectivity index (χ1v) is 7.70. The van der Waals surface area contributed by atoms with Gasteiger partial charge >= 0.3 is 0 Å². The average molecular weight is 364 g/mol. The number of aryl methyl sites for hydroxylation is 1. The van der Waals surface area contributed by atoms with Gasteiger partial charge in [-0.2, -0.15) is 0 Å². The SMILES string of the molecule is CCc1cc(OC)c(OC)cc1C(=O)Nc1cccc(Br)c1. The van der Waals surface area contributed by atoms with Crippen molar-refractivity contribution in [2.45, 2.75) is 13.3 Å². The number of carbonyl (C=O) groups excluding carboxylic acids is 1. The number of benzene rings is 2. The van der Waals surface area contributed by atoms with Gasteiger partial charge in [0, 0.05) is 15.7 Å². The molecule has 0 aliphatic carbocycles. The molecule has 0 aromatic heterocycles. The minimum Gasteiger partial charge on any atom is -0.493 e. The van der Waals surface area contributed by atoms with Crippen molar-refractivity contribution < 1.29 is 14.3 Å². The molecule has 0 heterocycles. The summed E-state index contributed by atoms with van der Waals surface area (Å²) in [6, 6.07) is 11.0. The van der Waals surface area contributed by atoms with Crippen LogP contribution in [0, 0.1) is 0 Å². The zero-order valence-corrected chi connectivity index (χ0v) is 14.4. The third-order valence-electron chi connectivity index (χ3n) is 3.32. The summed E-state index contributed by atoms with van der Waals surface area (Å²) >= 11 is 3.39. The quantitative estimate of drug-likeness (QED) is 0.862. The highest BCUT2D eigenvalue weighted by Crippen LogP contribution is 2.31. The van der Waals surface area contributed by atoms with Gasteiger partial charge in [0.25, 0.3) is 5.91 Å². The highest BCUT2D eigenvalue weighted by atomic mass is 79.9. The second kappa shape index (κ2) is 7.31. The Morgan fingerprint density at radius 1 is 1.14 bits per heavy atom. The van der Waals surface area contributed by atoms with E-state index >= 15 is 0 Å². The van der Waals surface area contributed by atoms with Crippen LogP contribution in [0.1, 0.15) is 22.8 Å². The van der Waals surface area contributed by atoms with Gasteiger partial charge in [-0.3, -0.25) is 4.79 Å². The number of nitrogens with one attached hydrogen (secondary N) is 1. The van der Waals surface area contributed by atoms with Crippen molar-refractivity contribution in [1.29, 1.82) is 0 Å². The second-order valence-corrected chi connectivity index (χ2v) is 5.60. The minimum atomic E-state index is -0.170. The molecule has 2 aromatic rings. The lowest BCUT2D eigenvalue weighted by Crippen LogP contribution is -2.14. The van der Waals surface area contributed by atoms with Gasteiger partial charge in [-0.1, -0.05) is 28.9 Å². The Bertz CT molecular complexity index is 686. The molecule has 2 aromatic carbocycles. The highest BCUT2D eigenvalue weighted by Gasteiger charge is 2.16. The Morgan fingerprint density at radius 2 is 1.82 bits per heavy atom. The molecule has 0 unspecified atom stereocenters. The van der Waals surface area contributed by atoms with E-state index in [-0.39, 0.29) is 5.91 Å². The maximum atomic E-state index is 12.6. The number of anilines is 1. The van der Waals surface area contributed by atoms with Crippen molar-refractivity contribution >= 4 is 27.5 Å². The fourth-order valence-electron chi connectivity index (χ4n) is 2.19. The smallest absolute Gasteiger partial charge is 0.256 e. The van der Waals surface area contributed by atoms with E-state index in [4.69, 9.17) is 9.47 Å². The molecule has 22 heavy (non-hydrogen) atoms. The van der Waals surface area contributed by atoms with E-state index in [0.717, 1.165) is 22.1 Å². The molecule has 5 heteroatoms. The zero-order valence-electron chi connectivity index (χ0n) is 12.8. The Morgan fingerprint density at radius 3 is 2.41 bits per heavy atom. The van der Waals surface area contributed by atoms with Crippen LogP contribution < -0.4 is 14.8 Å². The number of halogens is 1. The Labute approximate surface area is 138 Å². The van der Waals surface area contributed by atoms with Gasteiger partial charge in [0.1, 0.15) is 0 Å². The van der Waals surface area contributed by atoms with Crippen LogP contribution in [0.25, 0.3) is 0 Å². The normalized spacial score (nSPS) is 10.2. The molecule has 116 valence electrons. The average Bonchev–Trinajstić information content (AvgIpc) is 2.53. The molecule has 1 N–H and O–H groups in total. The predicted octanol–water partition coefficient (Wildman–Crippen LogP) is 4.28. The fourth-order valence-corrected chi connectivity index (χ4v) is 2.59. The third-order valence-corrected chi connectivity index (χ3v) is 3.81. The number of amides is 1. The number of methoxy groups -OCH3 is 2. The van der Waals surface area contributed by atoms with Crippen LogP contribution in [-0.4, -0.2) is 20.1 Å². The molecule has 0 aliphatic rings. The van der Waals surface area contributed by atoms with Gasteiger partial charge in [-0.15, -0.1) is 0 Å². The lowest BCUT2D eigenvalue weighted by Gasteiger charge is -2.14. The maximum absolute atomic E-state index is 12.6. The van der Waals surface area contributed by atoms with Gasteiger partial charge in [0.15, 0.2) is 11.5 Å². The van der Waals surface area contributed by atoms with E-state index in [1.165, 1.54) is 0 Å². The number of ether oxygens (including phenoxy) is 2. The third kappa shape index (κ3) is 3.60. The fraction of sp³-hybridized carbons (Fsp3) is 0.235. The molecule has 0 saturated carbocycles. The van der Waals surface area contributed by atoms with Crippen molar-refractivity contribution in [3.8, 4) is 11.5 Å². The molecular formula is C17H18BrNO3. The number of hydrogen-bond acceptors (Lipinski definition) is 3. The van der Waals surface area contributed by atoms with Crippen molar-refractivity contribution in [1.82, 2.24) is 0 Å². The standard InChI is InChI=1S/C17H18BrNO3/c1-4-11-8-15(21-2)16(22-3)10-14(11)17(20)19-13-7-5-6-12(18)9-13/h5-10H,4H2,1-3H3,(H,19,20). The van der Waals surface area contributed by atoms with Crippen LogP contribution in [-0.2, 0) is 6.42 Å². The van der Waals surface area contributed by atoms with Crippen LogP contribution >= 0.6 is 15.9 Å². The van der Waals surface area contributed by atoms with E-state index in [9.17, 15) is 4.79 Å². The van der Waals surface area contributed by atoms with Crippen LogP contribution in [0.4, 0.5) is 5.69 Å². The summed E-state index contributed by atoms with van der Waals surface area (Å²) in [5.74, 6) is 0.994. The summed E-state index contributed by atoms with van der Waals surface area (Å²) < 4.78 is 11.5. The van der Waals surface area contributed by atoms with E-state index in [2.05, 4.69) is 21.2 Å². The molecule has 0 spiro atoms. The summed E-state index contributed by atoms with van der Waals surface area (Å²) in [7, 11) is 3.14. The van der Waals surface area contributed by atoms with Gasteiger partial charge in [-0.25, -0.2) is 0 Å². The molecular weight excluding hydrogens is 346 g/mol. The number of hydrogen-bond donors (Lipinski definition) is 1. The van der Waals surface area contributed by atoms with E-state index < -0.39 is 0 Å². The second-order valence-electron chi connectivity index (χ2n) is 4.68. The zero-order chi connectivity index (χ0) is 16.1. The summed E-state index contributed by atoms with van der Waals surface area (Å²) in [6.07, 6.45) is 0.724. The van der Waals surface area contributed by atoms with Crippen LogP contribution in [0.2, 0.25) is 0 Å². The Kier molecular flexibility index (Phi) is 5.44. The van der Waals surface area contributed by atoms with Gasteiger partial charge in [0.05, 0.1) is 14.2 Å².